The van der Waals surface area contributed by atoms with Crippen LogP contribution in [0.25, 0.3) is 0 Å². The van der Waals surface area contributed by atoms with Crippen LogP contribution in [0.3, 0.4) is 0 Å². The smallest absolute Gasteiger partial charge is 0.242 e. The average molecular weight is 311 g/mol. The fourth-order valence-corrected chi connectivity index (χ4v) is 4.46. The number of hydrogen-bond acceptors (Lipinski definition) is 3. The number of nitrogens with zero attached hydrogens (tertiary/aromatic N) is 1. The zero-order valence-corrected chi connectivity index (χ0v) is 13.4. The van der Waals surface area contributed by atoms with Crippen LogP contribution in [0.4, 0.5) is 0 Å². The standard InChI is InChI=1S/C15H25N3O2S/c1-2-7-18-10-14(8-13(18)9-16)21(19,20)17-15(11-3-4-11)12-5-6-12/h8,10-12,15,17H,2-7,9,16H2,1H3. The van der Waals surface area contributed by atoms with Crippen molar-refractivity contribution in [1.82, 2.24) is 9.29 Å². The third-order valence-electron chi connectivity index (χ3n) is 4.50. The SMILES string of the molecule is CCCn1cc(S(=O)(=O)NC(C2CC2)C2CC2)cc1CN. The molecule has 2 aliphatic rings. The van der Waals surface area contributed by atoms with Gasteiger partial charge in [-0.3, -0.25) is 0 Å². The van der Waals surface area contributed by atoms with E-state index in [0.717, 1.165) is 44.3 Å². The van der Waals surface area contributed by atoms with Gasteiger partial charge in [-0.15, -0.1) is 0 Å². The summed E-state index contributed by atoms with van der Waals surface area (Å²) in [6.45, 7) is 3.24. The van der Waals surface area contributed by atoms with Crippen LogP contribution in [0.15, 0.2) is 17.2 Å². The van der Waals surface area contributed by atoms with Crippen molar-refractivity contribution in [3.05, 3.63) is 18.0 Å². The molecule has 0 saturated heterocycles. The summed E-state index contributed by atoms with van der Waals surface area (Å²) in [6, 6.07) is 1.86. The minimum atomic E-state index is -3.43. The molecule has 2 fully saturated rings. The van der Waals surface area contributed by atoms with Crippen molar-refractivity contribution in [3.63, 3.8) is 0 Å². The van der Waals surface area contributed by atoms with E-state index in [1.54, 1.807) is 12.3 Å². The van der Waals surface area contributed by atoms with Crippen LogP contribution < -0.4 is 10.5 Å². The molecule has 0 aliphatic heterocycles. The summed E-state index contributed by atoms with van der Waals surface area (Å²) in [5.74, 6) is 1.11. The summed E-state index contributed by atoms with van der Waals surface area (Å²) in [7, 11) is -3.43. The minimum absolute atomic E-state index is 0.144. The molecule has 1 aromatic heterocycles. The van der Waals surface area contributed by atoms with E-state index >= 15 is 0 Å². The highest BCUT2D eigenvalue weighted by atomic mass is 32.2. The van der Waals surface area contributed by atoms with Crippen LogP contribution in [0.2, 0.25) is 0 Å². The first-order chi connectivity index (χ1) is 10.0. The van der Waals surface area contributed by atoms with E-state index in [-0.39, 0.29) is 6.04 Å². The van der Waals surface area contributed by atoms with E-state index in [4.69, 9.17) is 5.73 Å². The van der Waals surface area contributed by atoms with Crippen molar-refractivity contribution in [2.75, 3.05) is 0 Å². The molecule has 0 amide bonds. The van der Waals surface area contributed by atoms with Crippen LogP contribution in [0, 0.1) is 11.8 Å². The molecule has 3 rings (SSSR count). The van der Waals surface area contributed by atoms with Crippen LogP contribution in [-0.4, -0.2) is 19.0 Å². The maximum absolute atomic E-state index is 12.6. The second-order valence-electron chi connectivity index (χ2n) is 6.39. The summed E-state index contributed by atoms with van der Waals surface area (Å²) in [5.41, 5.74) is 6.60. The number of aryl methyl sites for hydroxylation is 1. The molecule has 0 spiro atoms. The molecule has 0 bridgehead atoms. The van der Waals surface area contributed by atoms with E-state index in [9.17, 15) is 8.42 Å². The molecule has 5 nitrogen and oxygen atoms in total. The van der Waals surface area contributed by atoms with E-state index in [1.165, 1.54) is 0 Å². The van der Waals surface area contributed by atoms with E-state index < -0.39 is 10.0 Å². The molecule has 2 aliphatic carbocycles. The Hall–Kier alpha value is -0.850. The number of aromatic nitrogens is 1. The van der Waals surface area contributed by atoms with Gasteiger partial charge >= 0.3 is 0 Å². The second-order valence-corrected chi connectivity index (χ2v) is 8.10. The fraction of sp³-hybridized carbons (Fsp3) is 0.733. The van der Waals surface area contributed by atoms with Crippen molar-refractivity contribution in [1.29, 1.82) is 0 Å². The topological polar surface area (TPSA) is 77.1 Å². The molecule has 118 valence electrons. The molecule has 1 heterocycles. The molecule has 6 heteroatoms. The molecular weight excluding hydrogens is 286 g/mol. The monoisotopic (exact) mass is 311 g/mol. The number of hydrogen-bond donors (Lipinski definition) is 2. The predicted octanol–water partition coefficient (Wildman–Crippen LogP) is 1.82. The lowest BCUT2D eigenvalue weighted by Gasteiger charge is -2.17. The van der Waals surface area contributed by atoms with Gasteiger partial charge in [-0.1, -0.05) is 6.92 Å². The van der Waals surface area contributed by atoms with Gasteiger partial charge in [-0.25, -0.2) is 13.1 Å². The van der Waals surface area contributed by atoms with Crippen molar-refractivity contribution in [3.8, 4) is 0 Å². The normalized spacial score (nSPS) is 19.4. The van der Waals surface area contributed by atoms with Gasteiger partial charge in [0.1, 0.15) is 0 Å². The first-order valence-corrected chi connectivity index (χ1v) is 9.45. The largest absolute Gasteiger partial charge is 0.349 e. The maximum Gasteiger partial charge on any atom is 0.242 e. The van der Waals surface area contributed by atoms with Gasteiger partial charge < -0.3 is 10.3 Å². The number of sulfonamides is 1. The maximum atomic E-state index is 12.6. The highest BCUT2D eigenvalue weighted by Crippen LogP contribution is 2.45. The lowest BCUT2D eigenvalue weighted by molar-refractivity contribution is 0.471. The first-order valence-electron chi connectivity index (χ1n) is 7.96. The zero-order valence-electron chi connectivity index (χ0n) is 12.6. The molecule has 0 atom stereocenters. The molecule has 21 heavy (non-hydrogen) atoms. The van der Waals surface area contributed by atoms with Crippen LogP contribution >= 0.6 is 0 Å². The number of nitrogens with two attached hydrogens (primary N) is 1. The van der Waals surface area contributed by atoms with Crippen molar-refractivity contribution in [2.45, 2.75) is 63.1 Å². The molecule has 3 N–H and O–H groups in total. The number of rotatable bonds is 8. The van der Waals surface area contributed by atoms with Crippen LogP contribution in [0.5, 0.6) is 0 Å². The third kappa shape index (κ3) is 3.33. The zero-order chi connectivity index (χ0) is 15.0. The molecule has 2 saturated carbocycles. The Morgan fingerprint density at radius 3 is 2.43 bits per heavy atom. The Kier molecular flexibility index (Phi) is 4.12. The van der Waals surface area contributed by atoms with Gasteiger partial charge in [0.05, 0.1) is 4.90 Å². The molecule has 0 radical (unpaired) electrons. The van der Waals surface area contributed by atoms with E-state index in [2.05, 4.69) is 11.6 Å². The van der Waals surface area contributed by atoms with E-state index in [1.807, 2.05) is 4.57 Å². The van der Waals surface area contributed by atoms with Crippen molar-refractivity contribution < 1.29 is 8.42 Å². The molecule has 0 unspecified atom stereocenters. The Bertz CT molecular complexity index is 588. The van der Waals surface area contributed by atoms with Crippen molar-refractivity contribution in [2.24, 2.45) is 17.6 Å². The average Bonchev–Trinajstić information content (AvgIpc) is 3.34. The van der Waals surface area contributed by atoms with Gasteiger partial charge in [0, 0.05) is 31.0 Å². The van der Waals surface area contributed by atoms with Crippen LogP contribution in [-0.2, 0) is 23.1 Å². The Morgan fingerprint density at radius 2 is 1.95 bits per heavy atom. The Morgan fingerprint density at radius 1 is 1.33 bits per heavy atom. The Balaban J connectivity index is 1.80. The highest BCUT2D eigenvalue weighted by molar-refractivity contribution is 7.89. The first kappa shape index (κ1) is 15.1. The number of nitrogens with one attached hydrogen (secondary N) is 1. The van der Waals surface area contributed by atoms with Gasteiger partial charge in [0.2, 0.25) is 10.0 Å². The minimum Gasteiger partial charge on any atom is -0.349 e. The molecular formula is C15H25N3O2S. The van der Waals surface area contributed by atoms with Gasteiger partial charge in [0.25, 0.3) is 0 Å². The highest BCUT2D eigenvalue weighted by Gasteiger charge is 2.43. The molecule has 1 aromatic rings. The van der Waals surface area contributed by atoms with Gasteiger partial charge in [0.15, 0.2) is 0 Å². The fourth-order valence-electron chi connectivity index (χ4n) is 3.03. The van der Waals surface area contributed by atoms with Crippen molar-refractivity contribution >= 4 is 10.0 Å². The predicted molar refractivity (Wildman–Crippen MR) is 82.2 cm³/mol. The quantitative estimate of drug-likeness (QED) is 0.769. The summed E-state index contributed by atoms with van der Waals surface area (Å²) in [4.78, 5) is 0.364. The lowest BCUT2D eigenvalue weighted by atomic mass is 10.1. The Labute approximate surface area is 127 Å². The summed E-state index contributed by atoms with van der Waals surface area (Å²) in [5, 5.41) is 0. The van der Waals surface area contributed by atoms with Gasteiger partial charge in [-0.2, -0.15) is 0 Å². The summed E-state index contributed by atoms with van der Waals surface area (Å²) in [6.07, 6.45) is 7.33. The van der Waals surface area contributed by atoms with Crippen LogP contribution in [0.1, 0.15) is 44.7 Å². The molecule has 0 aromatic carbocycles. The summed E-state index contributed by atoms with van der Waals surface area (Å²) >= 11 is 0. The van der Waals surface area contributed by atoms with E-state index in [0.29, 0.717) is 23.3 Å². The van der Waals surface area contributed by atoms with Gasteiger partial charge in [-0.05, 0) is 50.0 Å². The summed E-state index contributed by atoms with van der Waals surface area (Å²) < 4.78 is 30.2. The second kappa shape index (κ2) is 5.74. The lowest BCUT2D eigenvalue weighted by Crippen LogP contribution is -2.37. The third-order valence-corrected chi connectivity index (χ3v) is 5.92.